The van der Waals surface area contributed by atoms with Gasteiger partial charge in [0.05, 0.1) is 6.54 Å². The maximum absolute atomic E-state index is 5.69. The molecule has 0 saturated heterocycles. The zero-order valence-electron chi connectivity index (χ0n) is 11.7. The molecule has 1 N–H and O–H groups in total. The molecule has 2 heterocycles. The molecular weight excluding hydrogens is 272 g/mol. The molecule has 6 heteroatoms. The summed E-state index contributed by atoms with van der Waals surface area (Å²) in [5.74, 6) is 0. The predicted octanol–water partition coefficient (Wildman–Crippen LogP) is 3.27. The first kappa shape index (κ1) is 12.9. The van der Waals surface area contributed by atoms with Gasteiger partial charge >= 0.3 is 0 Å². The first-order chi connectivity index (χ1) is 9.61. The lowest BCUT2D eigenvalue weighted by atomic mass is 10.3. The van der Waals surface area contributed by atoms with E-state index in [1.165, 1.54) is 0 Å². The van der Waals surface area contributed by atoms with Gasteiger partial charge in [0.15, 0.2) is 5.58 Å². The number of benzene rings is 1. The Morgan fingerprint density at radius 1 is 1.30 bits per heavy atom. The number of anilines is 2. The predicted molar refractivity (Wildman–Crippen MR) is 82.5 cm³/mol. The van der Waals surface area contributed by atoms with Crippen LogP contribution in [0.25, 0.3) is 11.1 Å². The number of nitrogens with zero attached hydrogens (tertiary/aromatic N) is 3. The second-order valence-electron chi connectivity index (χ2n) is 4.81. The summed E-state index contributed by atoms with van der Waals surface area (Å²) >= 11 is 1.66. The Balaban J connectivity index is 1.78. The van der Waals surface area contributed by atoms with Crippen molar-refractivity contribution < 1.29 is 4.42 Å². The van der Waals surface area contributed by atoms with Crippen LogP contribution in [0.3, 0.4) is 0 Å². The third-order valence-electron chi connectivity index (χ3n) is 2.87. The van der Waals surface area contributed by atoms with Crippen molar-refractivity contribution in [2.75, 3.05) is 24.3 Å². The summed E-state index contributed by atoms with van der Waals surface area (Å²) in [6, 6.07) is 6.55. The molecule has 0 fully saturated rings. The summed E-state index contributed by atoms with van der Waals surface area (Å²) in [5.41, 5.74) is 3.72. The quantitative estimate of drug-likeness (QED) is 0.798. The monoisotopic (exact) mass is 288 g/mol. The van der Waals surface area contributed by atoms with Gasteiger partial charge in [-0.1, -0.05) is 0 Å². The maximum atomic E-state index is 5.69. The van der Waals surface area contributed by atoms with Crippen molar-refractivity contribution >= 4 is 34.1 Å². The summed E-state index contributed by atoms with van der Waals surface area (Å²) in [6.45, 7) is 2.72. The summed E-state index contributed by atoms with van der Waals surface area (Å²) in [4.78, 5) is 10.7. The van der Waals surface area contributed by atoms with E-state index >= 15 is 0 Å². The van der Waals surface area contributed by atoms with E-state index in [-0.39, 0.29) is 0 Å². The van der Waals surface area contributed by atoms with Gasteiger partial charge in [-0.05, 0) is 19.1 Å². The lowest BCUT2D eigenvalue weighted by Gasteiger charge is -2.03. The van der Waals surface area contributed by atoms with E-state index in [0.717, 1.165) is 34.0 Å². The van der Waals surface area contributed by atoms with E-state index in [1.54, 1.807) is 11.3 Å². The van der Waals surface area contributed by atoms with Gasteiger partial charge in [-0.15, -0.1) is 11.3 Å². The topological polar surface area (TPSA) is 54.2 Å². The van der Waals surface area contributed by atoms with Crippen LogP contribution < -0.4 is 10.2 Å². The standard InChI is InChI=1S/C14H16N4OS/c1-9-8-20-13(16-9)7-15-10-4-5-11-12(6-10)19-14(17-11)18(2)3/h4-6,8,15H,7H2,1-3H3. The molecule has 0 bridgehead atoms. The third kappa shape index (κ3) is 2.60. The highest BCUT2D eigenvalue weighted by molar-refractivity contribution is 7.09. The van der Waals surface area contributed by atoms with Gasteiger partial charge in [-0.3, -0.25) is 0 Å². The lowest BCUT2D eigenvalue weighted by molar-refractivity contribution is 0.597. The molecule has 0 spiro atoms. The van der Waals surface area contributed by atoms with Crippen LogP contribution in [0.5, 0.6) is 0 Å². The van der Waals surface area contributed by atoms with Crippen molar-refractivity contribution in [2.45, 2.75) is 13.5 Å². The molecule has 5 nitrogen and oxygen atoms in total. The van der Waals surface area contributed by atoms with Gasteiger partial charge in [0.1, 0.15) is 10.5 Å². The van der Waals surface area contributed by atoms with Crippen LogP contribution in [0.1, 0.15) is 10.7 Å². The number of hydrogen-bond acceptors (Lipinski definition) is 6. The van der Waals surface area contributed by atoms with Crippen molar-refractivity contribution in [1.82, 2.24) is 9.97 Å². The minimum absolute atomic E-state index is 0.618. The Labute approximate surface area is 121 Å². The summed E-state index contributed by atoms with van der Waals surface area (Å²) in [7, 11) is 3.82. The van der Waals surface area contributed by atoms with Gasteiger partial charge in [0.25, 0.3) is 6.01 Å². The van der Waals surface area contributed by atoms with E-state index in [4.69, 9.17) is 4.42 Å². The van der Waals surface area contributed by atoms with Crippen LogP contribution in [0, 0.1) is 6.92 Å². The fraction of sp³-hybridized carbons (Fsp3) is 0.286. The third-order valence-corrected chi connectivity index (χ3v) is 3.84. The molecule has 3 aromatic rings. The first-order valence-corrected chi connectivity index (χ1v) is 7.22. The average Bonchev–Trinajstić information content (AvgIpc) is 3.01. The average molecular weight is 288 g/mol. The van der Waals surface area contributed by atoms with Crippen LogP contribution in [0.4, 0.5) is 11.7 Å². The second kappa shape index (κ2) is 5.13. The molecule has 20 heavy (non-hydrogen) atoms. The summed E-state index contributed by atoms with van der Waals surface area (Å²) in [6.07, 6.45) is 0. The smallest absolute Gasteiger partial charge is 0.297 e. The number of rotatable bonds is 4. The molecule has 0 saturated carbocycles. The van der Waals surface area contributed by atoms with Crippen molar-refractivity contribution in [2.24, 2.45) is 0 Å². The Morgan fingerprint density at radius 2 is 2.15 bits per heavy atom. The van der Waals surface area contributed by atoms with Crippen LogP contribution in [-0.4, -0.2) is 24.1 Å². The molecular formula is C14H16N4OS. The van der Waals surface area contributed by atoms with Crippen LogP contribution in [0.2, 0.25) is 0 Å². The molecule has 2 aromatic heterocycles. The summed E-state index contributed by atoms with van der Waals surface area (Å²) < 4.78 is 5.69. The Morgan fingerprint density at radius 3 is 2.85 bits per heavy atom. The molecule has 0 aliphatic heterocycles. The zero-order valence-corrected chi connectivity index (χ0v) is 12.5. The molecule has 0 aliphatic carbocycles. The Hall–Kier alpha value is -2.08. The van der Waals surface area contributed by atoms with Gasteiger partial charge in [-0.25, -0.2) is 4.98 Å². The molecule has 0 atom stereocenters. The maximum Gasteiger partial charge on any atom is 0.297 e. The normalized spacial score (nSPS) is 10.9. The van der Waals surface area contributed by atoms with Crippen LogP contribution in [-0.2, 0) is 6.54 Å². The molecule has 104 valence electrons. The van der Waals surface area contributed by atoms with Gasteiger partial charge in [-0.2, -0.15) is 4.98 Å². The fourth-order valence-electron chi connectivity index (χ4n) is 1.88. The van der Waals surface area contributed by atoms with Gasteiger partial charge in [0.2, 0.25) is 0 Å². The molecule has 1 aromatic carbocycles. The van der Waals surface area contributed by atoms with Crippen LogP contribution in [0.15, 0.2) is 28.0 Å². The minimum Gasteiger partial charge on any atom is -0.423 e. The second-order valence-corrected chi connectivity index (χ2v) is 5.75. The van der Waals surface area contributed by atoms with E-state index < -0.39 is 0 Å². The number of oxazole rings is 1. The SMILES string of the molecule is Cc1csc(CNc2ccc3nc(N(C)C)oc3c2)n1. The summed E-state index contributed by atoms with van der Waals surface area (Å²) in [5, 5.41) is 6.48. The molecule has 0 aliphatic rings. The highest BCUT2D eigenvalue weighted by Gasteiger charge is 2.08. The van der Waals surface area contributed by atoms with E-state index in [2.05, 4.69) is 20.7 Å². The molecule has 0 unspecified atom stereocenters. The van der Waals surface area contributed by atoms with Gasteiger partial charge in [0, 0.05) is 36.9 Å². The first-order valence-electron chi connectivity index (χ1n) is 6.34. The molecule has 0 amide bonds. The molecule has 3 rings (SSSR count). The van der Waals surface area contributed by atoms with E-state index in [1.807, 2.05) is 44.1 Å². The Kier molecular flexibility index (Phi) is 3.31. The Bertz CT molecular complexity index is 732. The van der Waals surface area contributed by atoms with Crippen molar-refractivity contribution in [3.8, 4) is 0 Å². The van der Waals surface area contributed by atoms with Crippen LogP contribution >= 0.6 is 11.3 Å². The van der Waals surface area contributed by atoms with E-state index in [9.17, 15) is 0 Å². The fourth-order valence-corrected chi connectivity index (χ4v) is 2.59. The largest absolute Gasteiger partial charge is 0.423 e. The number of thiazole rings is 1. The number of fused-ring (bicyclic) bond motifs is 1. The number of hydrogen-bond donors (Lipinski definition) is 1. The highest BCUT2D eigenvalue weighted by atomic mass is 32.1. The zero-order chi connectivity index (χ0) is 14.1. The number of aromatic nitrogens is 2. The van der Waals surface area contributed by atoms with Crippen molar-refractivity contribution in [3.63, 3.8) is 0 Å². The number of nitrogens with one attached hydrogen (secondary N) is 1. The lowest BCUT2D eigenvalue weighted by Crippen LogP contribution is -2.08. The van der Waals surface area contributed by atoms with E-state index in [0.29, 0.717) is 6.01 Å². The van der Waals surface area contributed by atoms with Crippen molar-refractivity contribution in [3.05, 3.63) is 34.3 Å². The minimum atomic E-state index is 0.618. The van der Waals surface area contributed by atoms with Crippen molar-refractivity contribution in [1.29, 1.82) is 0 Å². The highest BCUT2D eigenvalue weighted by Crippen LogP contribution is 2.24. The number of aryl methyl sites for hydroxylation is 1. The van der Waals surface area contributed by atoms with Gasteiger partial charge < -0.3 is 14.6 Å². The molecule has 0 radical (unpaired) electrons.